The molecule has 2 rings (SSSR count). The molecule has 0 saturated heterocycles. The Morgan fingerprint density at radius 3 is 3.00 bits per heavy atom. The quantitative estimate of drug-likeness (QED) is 0.898. The standard InChI is InChI=1S/C14H16N2OS/c1-11(12-4-2-8-15-10-12)16-14(17)7-6-13-5-3-9-18-13/h2-5,8-11H,6-7H2,1H3,(H,16,17). The largest absolute Gasteiger partial charge is 0.350 e. The number of nitrogens with zero attached hydrogens (tertiary/aromatic N) is 1. The first-order chi connectivity index (χ1) is 8.75. The molecule has 3 nitrogen and oxygen atoms in total. The minimum absolute atomic E-state index is 0.00883. The van der Waals surface area contributed by atoms with E-state index in [0.717, 1.165) is 12.0 Å². The van der Waals surface area contributed by atoms with Gasteiger partial charge >= 0.3 is 0 Å². The third kappa shape index (κ3) is 3.67. The van der Waals surface area contributed by atoms with Gasteiger partial charge in [-0.3, -0.25) is 9.78 Å². The summed E-state index contributed by atoms with van der Waals surface area (Å²) < 4.78 is 0. The lowest BCUT2D eigenvalue weighted by molar-refractivity contribution is -0.121. The van der Waals surface area contributed by atoms with Crippen molar-refractivity contribution in [2.24, 2.45) is 0 Å². The van der Waals surface area contributed by atoms with E-state index in [0.29, 0.717) is 6.42 Å². The fraction of sp³-hybridized carbons (Fsp3) is 0.286. The van der Waals surface area contributed by atoms with Gasteiger partial charge in [-0.2, -0.15) is 0 Å². The first kappa shape index (κ1) is 12.8. The molecule has 1 amide bonds. The van der Waals surface area contributed by atoms with Gasteiger partial charge < -0.3 is 5.32 Å². The van der Waals surface area contributed by atoms with E-state index in [1.807, 2.05) is 30.5 Å². The van der Waals surface area contributed by atoms with Crippen LogP contribution in [-0.2, 0) is 11.2 Å². The number of aromatic nitrogens is 1. The molecule has 0 saturated carbocycles. The van der Waals surface area contributed by atoms with Crippen LogP contribution >= 0.6 is 11.3 Å². The average molecular weight is 260 g/mol. The van der Waals surface area contributed by atoms with Gasteiger partial charge in [0, 0.05) is 23.7 Å². The molecule has 1 N–H and O–H groups in total. The highest BCUT2D eigenvalue weighted by Gasteiger charge is 2.09. The van der Waals surface area contributed by atoms with Crippen LogP contribution in [0.15, 0.2) is 42.0 Å². The number of pyridine rings is 1. The van der Waals surface area contributed by atoms with Crippen molar-refractivity contribution in [1.29, 1.82) is 0 Å². The van der Waals surface area contributed by atoms with Crippen molar-refractivity contribution in [3.05, 3.63) is 52.5 Å². The van der Waals surface area contributed by atoms with Gasteiger partial charge in [0.1, 0.15) is 0 Å². The highest BCUT2D eigenvalue weighted by Crippen LogP contribution is 2.13. The van der Waals surface area contributed by atoms with E-state index >= 15 is 0 Å². The van der Waals surface area contributed by atoms with Gasteiger partial charge in [0.2, 0.25) is 5.91 Å². The molecule has 0 aliphatic heterocycles. The third-order valence-corrected chi connectivity index (χ3v) is 3.68. The molecule has 18 heavy (non-hydrogen) atoms. The van der Waals surface area contributed by atoms with Gasteiger partial charge in [-0.15, -0.1) is 11.3 Å². The van der Waals surface area contributed by atoms with Gasteiger partial charge in [0.25, 0.3) is 0 Å². The van der Waals surface area contributed by atoms with Crippen LogP contribution in [0.5, 0.6) is 0 Å². The van der Waals surface area contributed by atoms with Crippen molar-refractivity contribution >= 4 is 17.2 Å². The maximum atomic E-state index is 11.8. The molecule has 4 heteroatoms. The number of aryl methyl sites for hydroxylation is 1. The number of hydrogen-bond donors (Lipinski definition) is 1. The van der Waals surface area contributed by atoms with Crippen LogP contribution in [0.3, 0.4) is 0 Å². The first-order valence-corrected chi connectivity index (χ1v) is 6.85. The van der Waals surface area contributed by atoms with Gasteiger partial charge in [-0.05, 0) is 36.4 Å². The molecule has 0 aromatic carbocycles. The van der Waals surface area contributed by atoms with Crippen molar-refractivity contribution in [3.63, 3.8) is 0 Å². The van der Waals surface area contributed by atoms with Crippen LogP contribution in [0.4, 0.5) is 0 Å². The second kappa shape index (κ2) is 6.31. The Morgan fingerprint density at radius 2 is 2.33 bits per heavy atom. The van der Waals surface area contributed by atoms with Gasteiger partial charge in [0.15, 0.2) is 0 Å². The topological polar surface area (TPSA) is 42.0 Å². The minimum atomic E-state index is 0.00883. The summed E-state index contributed by atoms with van der Waals surface area (Å²) in [4.78, 5) is 17.1. The Balaban J connectivity index is 1.80. The Morgan fingerprint density at radius 1 is 1.44 bits per heavy atom. The summed E-state index contributed by atoms with van der Waals surface area (Å²) in [6, 6.07) is 7.93. The maximum Gasteiger partial charge on any atom is 0.220 e. The number of carbonyl (C=O) groups excluding carboxylic acids is 1. The Hall–Kier alpha value is -1.68. The highest BCUT2D eigenvalue weighted by molar-refractivity contribution is 7.09. The lowest BCUT2D eigenvalue weighted by atomic mass is 10.1. The monoisotopic (exact) mass is 260 g/mol. The third-order valence-electron chi connectivity index (χ3n) is 2.74. The molecule has 2 aromatic heterocycles. The zero-order chi connectivity index (χ0) is 12.8. The summed E-state index contributed by atoms with van der Waals surface area (Å²) in [5.41, 5.74) is 1.03. The van der Waals surface area contributed by atoms with Crippen LogP contribution in [-0.4, -0.2) is 10.9 Å². The van der Waals surface area contributed by atoms with E-state index < -0.39 is 0 Å². The van der Waals surface area contributed by atoms with Crippen LogP contribution in [0, 0.1) is 0 Å². The van der Waals surface area contributed by atoms with Crippen molar-refractivity contribution in [2.45, 2.75) is 25.8 Å². The number of carbonyl (C=O) groups is 1. The van der Waals surface area contributed by atoms with Crippen molar-refractivity contribution in [3.8, 4) is 0 Å². The number of hydrogen-bond acceptors (Lipinski definition) is 3. The number of amides is 1. The van der Waals surface area contributed by atoms with Gasteiger partial charge in [-0.25, -0.2) is 0 Å². The number of rotatable bonds is 5. The van der Waals surface area contributed by atoms with E-state index in [2.05, 4.69) is 16.4 Å². The molecule has 1 unspecified atom stereocenters. The van der Waals surface area contributed by atoms with Crippen molar-refractivity contribution in [1.82, 2.24) is 10.3 Å². The summed E-state index contributed by atoms with van der Waals surface area (Å²) in [5, 5.41) is 5.02. The fourth-order valence-corrected chi connectivity index (χ4v) is 2.43. The second-order valence-corrected chi connectivity index (χ2v) is 5.19. The summed E-state index contributed by atoms with van der Waals surface area (Å²) in [7, 11) is 0. The van der Waals surface area contributed by atoms with Crippen LogP contribution in [0.2, 0.25) is 0 Å². The van der Waals surface area contributed by atoms with Crippen LogP contribution < -0.4 is 5.32 Å². The van der Waals surface area contributed by atoms with E-state index in [1.165, 1.54) is 4.88 Å². The minimum Gasteiger partial charge on any atom is -0.350 e. The molecule has 0 fully saturated rings. The van der Waals surface area contributed by atoms with E-state index in [1.54, 1.807) is 23.7 Å². The van der Waals surface area contributed by atoms with E-state index in [4.69, 9.17) is 0 Å². The average Bonchev–Trinajstić information content (AvgIpc) is 2.90. The first-order valence-electron chi connectivity index (χ1n) is 5.97. The second-order valence-electron chi connectivity index (χ2n) is 4.15. The normalized spacial score (nSPS) is 12.1. The van der Waals surface area contributed by atoms with Crippen molar-refractivity contribution in [2.75, 3.05) is 0 Å². The summed E-state index contributed by atoms with van der Waals surface area (Å²) >= 11 is 1.69. The fourth-order valence-electron chi connectivity index (χ4n) is 1.72. The molecular weight excluding hydrogens is 244 g/mol. The molecule has 1 atom stereocenters. The Bertz CT molecular complexity index is 482. The van der Waals surface area contributed by atoms with Crippen LogP contribution in [0.1, 0.15) is 29.8 Å². The highest BCUT2D eigenvalue weighted by atomic mass is 32.1. The zero-order valence-electron chi connectivity index (χ0n) is 10.3. The Labute approximate surface area is 111 Å². The smallest absolute Gasteiger partial charge is 0.220 e. The summed E-state index contributed by atoms with van der Waals surface area (Å²) in [5.74, 6) is 0.0831. The van der Waals surface area contributed by atoms with Crippen LogP contribution in [0.25, 0.3) is 0 Å². The molecule has 2 heterocycles. The van der Waals surface area contributed by atoms with E-state index in [9.17, 15) is 4.79 Å². The molecule has 0 aliphatic carbocycles. The SMILES string of the molecule is CC(NC(=O)CCc1cccs1)c1cccnc1. The number of nitrogens with one attached hydrogen (secondary N) is 1. The zero-order valence-corrected chi connectivity index (χ0v) is 11.1. The molecule has 0 radical (unpaired) electrons. The predicted octanol–water partition coefficient (Wildman–Crippen LogP) is 2.95. The van der Waals surface area contributed by atoms with Crippen molar-refractivity contribution < 1.29 is 4.79 Å². The lowest BCUT2D eigenvalue weighted by Gasteiger charge is -2.13. The molecule has 0 spiro atoms. The number of thiophene rings is 1. The molecular formula is C14H16N2OS. The van der Waals surface area contributed by atoms with Gasteiger partial charge in [0.05, 0.1) is 6.04 Å². The Kier molecular flexibility index (Phi) is 4.47. The molecule has 0 aliphatic rings. The molecule has 0 bridgehead atoms. The predicted molar refractivity (Wildman–Crippen MR) is 73.4 cm³/mol. The summed E-state index contributed by atoms with van der Waals surface area (Å²) in [6.45, 7) is 1.97. The summed E-state index contributed by atoms with van der Waals surface area (Å²) in [6.07, 6.45) is 4.85. The lowest BCUT2D eigenvalue weighted by Crippen LogP contribution is -2.26. The van der Waals surface area contributed by atoms with Gasteiger partial charge in [-0.1, -0.05) is 12.1 Å². The maximum absolute atomic E-state index is 11.8. The van der Waals surface area contributed by atoms with E-state index in [-0.39, 0.29) is 11.9 Å². The molecule has 94 valence electrons. The molecule has 2 aromatic rings.